The average molecular weight is 321 g/mol. The standard InChI is InChI=1S/C16H19NO4S/c1-10-8-17-14(22-10)11-5-12(15(18)20-4)7-13(6-11)21-9-16(2,3)19/h5-8,19H,9H2,1-4H3. The molecule has 0 bridgehead atoms. The van der Waals surface area contributed by atoms with Gasteiger partial charge in [-0.25, -0.2) is 9.78 Å². The third-order valence-corrected chi connectivity index (χ3v) is 3.75. The first-order chi connectivity index (χ1) is 10.3. The third kappa shape index (κ3) is 4.29. The molecular formula is C16H19NO4S. The van der Waals surface area contributed by atoms with Crippen LogP contribution in [0.5, 0.6) is 5.75 Å². The van der Waals surface area contributed by atoms with E-state index in [1.807, 2.05) is 6.92 Å². The monoisotopic (exact) mass is 321 g/mol. The van der Waals surface area contributed by atoms with Crippen LogP contribution in [0.25, 0.3) is 10.6 Å². The van der Waals surface area contributed by atoms with Crippen molar-refractivity contribution in [3.05, 3.63) is 34.8 Å². The highest BCUT2D eigenvalue weighted by molar-refractivity contribution is 7.14. The van der Waals surface area contributed by atoms with Crippen LogP contribution in [0, 0.1) is 6.92 Å². The van der Waals surface area contributed by atoms with Crippen LogP contribution >= 0.6 is 11.3 Å². The Balaban J connectivity index is 2.38. The van der Waals surface area contributed by atoms with Crippen LogP contribution in [0.3, 0.4) is 0 Å². The Kier molecular flexibility index (Phi) is 4.83. The summed E-state index contributed by atoms with van der Waals surface area (Å²) in [5, 5.41) is 10.6. The van der Waals surface area contributed by atoms with E-state index < -0.39 is 11.6 Å². The van der Waals surface area contributed by atoms with Crippen molar-refractivity contribution in [3.8, 4) is 16.3 Å². The molecule has 2 aromatic rings. The van der Waals surface area contributed by atoms with Crippen LogP contribution in [0.1, 0.15) is 29.1 Å². The molecule has 0 aliphatic rings. The highest BCUT2D eigenvalue weighted by Gasteiger charge is 2.16. The molecule has 0 saturated carbocycles. The molecule has 0 spiro atoms. The van der Waals surface area contributed by atoms with E-state index in [1.54, 1.807) is 38.2 Å². The van der Waals surface area contributed by atoms with Crippen molar-refractivity contribution in [2.45, 2.75) is 26.4 Å². The second kappa shape index (κ2) is 6.46. The summed E-state index contributed by atoms with van der Waals surface area (Å²) in [6.07, 6.45) is 1.78. The van der Waals surface area contributed by atoms with Crippen LogP contribution in [-0.4, -0.2) is 35.4 Å². The minimum Gasteiger partial charge on any atom is -0.491 e. The van der Waals surface area contributed by atoms with Gasteiger partial charge in [-0.05, 0) is 39.0 Å². The van der Waals surface area contributed by atoms with Gasteiger partial charge in [-0.1, -0.05) is 0 Å². The molecule has 0 saturated heterocycles. The second-order valence-corrected chi connectivity index (χ2v) is 6.85. The largest absolute Gasteiger partial charge is 0.491 e. The van der Waals surface area contributed by atoms with Gasteiger partial charge in [-0.15, -0.1) is 11.3 Å². The first kappa shape index (κ1) is 16.5. The van der Waals surface area contributed by atoms with Crippen molar-refractivity contribution in [3.63, 3.8) is 0 Å². The number of benzene rings is 1. The summed E-state index contributed by atoms with van der Waals surface area (Å²) >= 11 is 1.53. The molecule has 0 fully saturated rings. The molecule has 0 atom stereocenters. The highest BCUT2D eigenvalue weighted by Crippen LogP contribution is 2.30. The first-order valence-electron chi connectivity index (χ1n) is 6.80. The summed E-state index contributed by atoms with van der Waals surface area (Å²) in [6.45, 7) is 5.40. The van der Waals surface area contributed by atoms with Crippen molar-refractivity contribution < 1.29 is 19.4 Å². The number of carbonyl (C=O) groups excluding carboxylic acids is 1. The molecule has 22 heavy (non-hydrogen) atoms. The summed E-state index contributed by atoms with van der Waals surface area (Å²) in [4.78, 5) is 17.2. The quantitative estimate of drug-likeness (QED) is 0.857. The lowest BCUT2D eigenvalue weighted by atomic mass is 10.1. The van der Waals surface area contributed by atoms with Gasteiger partial charge in [0.15, 0.2) is 0 Å². The minimum absolute atomic E-state index is 0.119. The number of ether oxygens (including phenoxy) is 2. The lowest BCUT2D eigenvalue weighted by Gasteiger charge is -2.18. The van der Waals surface area contributed by atoms with Crippen molar-refractivity contribution in [2.24, 2.45) is 0 Å². The predicted molar refractivity (Wildman–Crippen MR) is 85.4 cm³/mol. The van der Waals surface area contributed by atoms with Gasteiger partial charge >= 0.3 is 5.97 Å². The number of aromatic nitrogens is 1. The van der Waals surface area contributed by atoms with E-state index in [2.05, 4.69) is 4.98 Å². The second-order valence-electron chi connectivity index (χ2n) is 5.61. The maximum Gasteiger partial charge on any atom is 0.338 e. The van der Waals surface area contributed by atoms with Crippen molar-refractivity contribution >= 4 is 17.3 Å². The van der Waals surface area contributed by atoms with Gasteiger partial charge in [0.05, 0.1) is 18.3 Å². The molecule has 0 aliphatic heterocycles. The van der Waals surface area contributed by atoms with Gasteiger partial charge < -0.3 is 14.6 Å². The number of aliphatic hydroxyl groups is 1. The van der Waals surface area contributed by atoms with Crippen LogP contribution in [-0.2, 0) is 4.74 Å². The number of thiazole rings is 1. The van der Waals surface area contributed by atoms with E-state index in [0.717, 1.165) is 15.4 Å². The first-order valence-corrected chi connectivity index (χ1v) is 7.61. The number of hydrogen-bond donors (Lipinski definition) is 1. The molecule has 118 valence electrons. The van der Waals surface area contributed by atoms with E-state index in [1.165, 1.54) is 18.4 Å². The van der Waals surface area contributed by atoms with Gasteiger partial charge in [-0.3, -0.25) is 0 Å². The Bertz CT molecular complexity index is 673. The van der Waals surface area contributed by atoms with Crippen molar-refractivity contribution in [1.29, 1.82) is 0 Å². The minimum atomic E-state index is -0.959. The van der Waals surface area contributed by atoms with Gasteiger partial charge in [0.25, 0.3) is 0 Å². The Morgan fingerprint density at radius 2 is 2.09 bits per heavy atom. The van der Waals surface area contributed by atoms with E-state index in [9.17, 15) is 9.90 Å². The molecule has 5 nitrogen and oxygen atoms in total. The molecule has 0 amide bonds. The predicted octanol–water partition coefficient (Wildman–Crippen LogP) is 3.05. The molecule has 6 heteroatoms. The fourth-order valence-electron chi connectivity index (χ4n) is 1.79. The fourth-order valence-corrected chi connectivity index (χ4v) is 2.54. The zero-order valence-corrected chi connectivity index (χ0v) is 13.9. The van der Waals surface area contributed by atoms with Crippen molar-refractivity contribution in [1.82, 2.24) is 4.98 Å². The maximum absolute atomic E-state index is 11.8. The SMILES string of the molecule is COC(=O)c1cc(OCC(C)(C)O)cc(-c2ncc(C)s2)c1. The molecule has 1 N–H and O–H groups in total. The number of esters is 1. The molecule has 1 aromatic heterocycles. The Labute approximate surface area is 133 Å². The number of nitrogens with zero attached hydrogens (tertiary/aromatic N) is 1. The molecule has 2 rings (SSSR count). The van der Waals surface area contributed by atoms with Crippen LogP contribution in [0.4, 0.5) is 0 Å². The van der Waals surface area contributed by atoms with Gasteiger partial charge in [0.2, 0.25) is 0 Å². The molecule has 1 heterocycles. The maximum atomic E-state index is 11.8. The summed E-state index contributed by atoms with van der Waals surface area (Å²) in [5.41, 5.74) is 0.212. The summed E-state index contributed by atoms with van der Waals surface area (Å²) in [5.74, 6) is 0.0520. The Hall–Kier alpha value is -1.92. The van der Waals surface area contributed by atoms with Crippen LogP contribution in [0.15, 0.2) is 24.4 Å². The zero-order valence-electron chi connectivity index (χ0n) is 13.0. The number of aryl methyl sites for hydroxylation is 1. The van der Waals surface area contributed by atoms with Crippen LogP contribution in [0.2, 0.25) is 0 Å². The van der Waals surface area contributed by atoms with E-state index in [-0.39, 0.29) is 6.61 Å². The van der Waals surface area contributed by atoms with E-state index in [0.29, 0.717) is 11.3 Å². The summed E-state index contributed by atoms with van der Waals surface area (Å²) in [6, 6.07) is 5.12. The average Bonchev–Trinajstić information content (AvgIpc) is 2.90. The van der Waals surface area contributed by atoms with E-state index in [4.69, 9.17) is 9.47 Å². The third-order valence-electron chi connectivity index (χ3n) is 2.79. The number of carbonyl (C=O) groups is 1. The molecule has 0 unspecified atom stereocenters. The molecule has 0 radical (unpaired) electrons. The lowest BCUT2D eigenvalue weighted by Crippen LogP contribution is -2.27. The van der Waals surface area contributed by atoms with Gasteiger partial charge in [-0.2, -0.15) is 0 Å². The number of methoxy groups -OCH3 is 1. The summed E-state index contributed by atoms with van der Waals surface area (Å²) in [7, 11) is 1.33. The van der Waals surface area contributed by atoms with Gasteiger partial charge in [0.1, 0.15) is 17.4 Å². The van der Waals surface area contributed by atoms with E-state index >= 15 is 0 Å². The number of rotatable bonds is 5. The lowest BCUT2D eigenvalue weighted by molar-refractivity contribution is 0.0284. The molecule has 0 aliphatic carbocycles. The number of hydrogen-bond acceptors (Lipinski definition) is 6. The normalized spacial score (nSPS) is 11.3. The smallest absolute Gasteiger partial charge is 0.338 e. The molecular weight excluding hydrogens is 302 g/mol. The Morgan fingerprint density at radius 1 is 1.36 bits per heavy atom. The Morgan fingerprint density at radius 3 is 2.64 bits per heavy atom. The topological polar surface area (TPSA) is 68.7 Å². The molecule has 1 aromatic carbocycles. The summed E-state index contributed by atoms with van der Waals surface area (Å²) < 4.78 is 10.4. The highest BCUT2D eigenvalue weighted by atomic mass is 32.1. The van der Waals surface area contributed by atoms with Crippen LogP contribution < -0.4 is 4.74 Å². The van der Waals surface area contributed by atoms with Crippen molar-refractivity contribution in [2.75, 3.05) is 13.7 Å². The van der Waals surface area contributed by atoms with Gasteiger partial charge in [0, 0.05) is 16.6 Å². The fraction of sp³-hybridized carbons (Fsp3) is 0.375. The zero-order chi connectivity index (χ0) is 16.3.